The first-order chi connectivity index (χ1) is 1.00. The van der Waals surface area contributed by atoms with Crippen LogP contribution in [0.1, 0.15) is 0 Å². The van der Waals surface area contributed by atoms with Crippen LogP contribution >= 0.6 is 10.6 Å². The van der Waals surface area contributed by atoms with Crippen molar-refractivity contribution in [3.63, 3.8) is 0 Å². The Labute approximate surface area is 57.6 Å². The second-order valence-electron chi connectivity index (χ2n) is 0. The Morgan fingerprint density at radius 2 is 1.25 bits per heavy atom. The largest absolute Gasteiger partial charge is 2.00 e. The van der Waals surface area contributed by atoms with Crippen LogP contribution in [0.5, 0.6) is 0 Å². The van der Waals surface area contributed by atoms with E-state index in [1.807, 2.05) is 0 Å². The Hall–Kier alpha value is 1.71. The quantitative estimate of drug-likeness (QED) is 0.499. The molecule has 22 valence electrons. The molecule has 0 unspecified atom stereocenters. The molecule has 0 aliphatic heterocycles. The van der Waals surface area contributed by atoms with Crippen LogP contribution in [0.3, 0.4) is 0 Å². The molecule has 0 saturated carbocycles. The van der Waals surface area contributed by atoms with Crippen LogP contribution in [0.4, 0.5) is 0 Å². The van der Waals surface area contributed by atoms with Crippen molar-refractivity contribution in [1.29, 1.82) is 0 Å². The summed E-state index contributed by atoms with van der Waals surface area (Å²) in [4.78, 5) is 0. The van der Waals surface area contributed by atoms with Gasteiger partial charge in [0.2, 0.25) is 0 Å². The summed E-state index contributed by atoms with van der Waals surface area (Å²) in [7, 11) is 3.83. The molecule has 0 nitrogen and oxygen atoms in total. The molecule has 0 rings (SSSR count). The maximum Gasteiger partial charge on any atom is 2.00 e. The molecule has 0 aromatic rings. The summed E-state index contributed by atoms with van der Waals surface area (Å²) >= 11 is 2.83. The van der Waals surface area contributed by atoms with Crippen molar-refractivity contribution >= 4 is 24.0 Å². The van der Waals surface area contributed by atoms with Crippen molar-refractivity contribution in [1.82, 2.24) is 0 Å². The molecule has 0 N–H and O–H groups in total. The van der Waals surface area contributed by atoms with Crippen LogP contribution in [0.2, 0.25) is 0 Å². The van der Waals surface area contributed by atoms with Crippen molar-refractivity contribution in [2.45, 2.75) is 0 Å². The van der Waals surface area contributed by atoms with E-state index in [0.717, 1.165) is 0 Å². The molecule has 0 heterocycles. The van der Waals surface area contributed by atoms with Gasteiger partial charge in [-0.15, -0.1) is 0 Å². The molecule has 0 aromatic heterocycles. The van der Waals surface area contributed by atoms with Crippen molar-refractivity contribution in [3.05, 3.63) is 0 Å². The standard InChI is InChI=1S/Fe.2S.Zn/q;;-2;+2. The SMILES string of the molecule is [S-2].[S]=[Fe].[Zn+2]. The third-order valence-electron chi connectivity index (χ3n) is 0. The van der Waals surface area contributed by atoms with Gasteiger partial charge in [0, 0.05) is 0 Å². The second kappa shape index (κ2) is 22.1. The van der Waals surface area contributed by atoms with Crippen molar-refractivity contribution < 1.29 is 33.9 Å². The Morgan fingerprint density at radius 1 is 1.25 bits per heavy atom. The molecule has 0 aromatic carbocycles. The van der Waals surface area contributed by atoms with Crippen LogP contribution < -0.4 is 0 Å². The fourth-order valence-corrected chi connectivity index (χ4v) is 0. The Bertz CT molecular complexity index is 6.00. The predicted molar refractivity (Wildman–Crippen MR) is 15.0 cm³/mol. The van der Waals surface area contributed by atoms with E-state index in [0.29, 0.717) is 0 Å². The molecule has 4 heavy (non-hydrogen) atoms. The van der Waals surface area contributed by atoms with Crippen LogP contribution in [0.15, 0.2) is 0 Å². The predicted octanol–water partition coefficient (Wildman–Crippen LogP) is 0.641. The number of hydrogen-bond donors (Lipinski definition) is 0. The van der Waals surface area contributed by atoms with E-state index < -0.39 is 0 Å². The first-order valence-electron chi connectivity index (χ1n) is 0.144. The summed E-state index contributed by atoms with van der Waals surface area (Å²) in [5, 5.41) is 0. The van der Waals surface area contributed by atoms with Gasteiger partial charge in [0.25, 0.3) is 0 Å². The number of hydrogen-bond acceptors (Lipinski definition) is 1. The van der Waals surface area contributed by atoms with Crippen molar-refractivity contribution in [3.8, 4) is 0 Å². The maximum absolute atomic E-state index is 3.83. The van der Waals surface area contributed by atoms with E-state index in [1.165, 1.54) is 0 Å². The van der Waals surface area contributed by atoms with Crippen LogP contribution in [-0.4, -0.2) is 0 Å². The minimum absolute atomic E-state index is 0. The second-order valence-corrected chi connectivity index (χ2v) is 0. The molecule has 0 amide bonds. The van der Waals surface area contributed by atoms with E-state index in [1.54, 1.807) is 0 Å². The molecule has 0 spiro atoms. The van der Waals surface area contributed by atoms with E-state index >= 15 is 0 Å². The van der Waals surface area contributed by atoms with Gasteiger partial charge >= 0.3 is 44.4 Å². The zero-order valence-electron chi connectivity index (χ0n) is 1.88. The Morgan fingerprint density at radius 3 is 1.25 bits per heavy atom. The average molecular weight is 185 g/mol. The average Bonchev–Trinajstić information content (AvgIpc) is 1.00. The molecule has 0 bridgehead atoms. The summed E-state index contributed by atoms with van der Waals surface area (Å²) in [6, 6.07) is 0. The molecule has 0 atom stereocenters. The summed E-state index contributed by atoms with van der Waals surface area (Å²) in [5.41, 5.74) is 0. The summed E-state index contributed by atoms with van der Waals surface area (Å²) in [5.74, 6) is 0. The van der Waals surface area contributed by atoms with Crippen molar-refractivity contribution in [2.24, 2.45) is 0 Å². The molecule has 0 aliphatic rings. The summed E-state index contributed by atoms with van der Waals surface area (Å²) in [6.07, 6.45) is 0. The molecular formula is FeS2Zn. The van der Waals surface area contributed by atoms with Gasteiger partial charge in [-0.25, -0.2) is 0 Å². The van der Waals surface area contributed by atoms with Gasteiger partial charge in [0.1, 0.15) is 0 Å². The monoisotopic (exact) mass is 184 g/mol. The third kappa shape index (κ3) is 9.31. The molecule has 0 radical (unpaired) electrons. The zero-order chi connectivity index (χ0) is 2.00. The van der Waals surface area contributed by atoms with Gasteiger partial charge in [0.05, 0.1) is 0 Å². The van der Waals surface area contributed by atoms with E-state index in [4.69, 9.17) is 0 Å². The fraction of sp³-hybridized carbons (Fsp3) is 0. The smallest absolute Gasteiger partial charge is 2.00 e. The van der Waals surface area contributed by atoms with Gasteiger partial charge < -0.3 is 13.5 Å². The molecule has 0 saturated heterocycles. The third-order valence-corrected chi connectivity index (χ3v) is 0. The van der Waals surface area contributed by atoms with Crippen molar-refractivity contribution in [2.75, 3.05) is 0 Å². The van der Waals surface area contributed by atoms with E-state index in [9.17, 15) is 0 Å². The fourth-order valence-electron chi connectivity index (χ4n) is 0. The molecule has 4 heteroatoms. The van der Waals surface area contributed by atoms with Gasteiger partial charge in [-0.1, -0.05) is 0 Å². The molecular weight excluding hydrogens is 185 g/mol. The number of rotatable bonds is 0. The summed E-state index contributed by atoms with van der Waals surface area (Å²) < 4.78 is 0. The minimum atomic E-state index is 0. The van der Waals surface area contributed by atoms with Gasteiger partial charge in [-0.05, 0) is 0 Å². The van der Waals surface area contributed by atoms with Crippen LogP contribution in [0, 0.1) is 0 Å². The summed E-state index contributed by atoms with van der Waals surface area (Å²) in [6.45, 7) is 0. The van der Waals surface area contributed by atoms with E-state index in [2.05, 4.69) is 24.9 Å². The zero-order valence-corrected chi connectivity index (χ0v) is 7.58. The van der Waals surface area contributed by atoms with E-state index in [-0.39, 0.29) is 33.0 Å². The first-order valence-corrected chi connectivity index (χ1v) is 1.79. The van der Waals surface area contributed by atoms with Gasteiger partial charge in [-0.2, -0.15) is 0 Å². The van der Waals surface area contributed by atoms with Crippen LogP contribution in [-0.2, 0) is 47.4 Å². The van der Waals surface area contributed by atoms with Gasteiger partial charge in [-0.3, -0.25) is 0 Å². The van der Waals surface area contributed by atoms with Crippen LogP contribution in [0.25, 0.3) is 0 Å². The normalized spacial score (nSPS) is 1.25. The Balaban J connectivity index is -0.00000000500. The first kappa shape index (κ1) is 17.2. The Kier molecular flexibility index (Phi) is 95.4. The molecule has 0 fully saturated rings. The maximum atomic E-state index is 3.83. The minimum Gasteiger partial charge on any atom is 2.00 e. The molecule has 0 aliphatic carbocycles. The van der Waals surface area contributed by atoms with Gasteiger partial charge in [0.15, 0.2) is 0 Å². The topological polar surface area (TPSA) is 0 Å².